The Morgan fingerprint density at radius 2 is 1.88 bits per heavy atom. The zero-order valence-electron chi connectivity index (χ0n) is 10.7. The predicted molar refractivity (Wildman–Crippen MR) is 68.2 cm³/mol. The second-order valence-corrected chi connectivity index (χ2v) is 4.20. The Hall–Kier alpha value is -1.64. The van der Waals surface area contributed by atoms with Gasteiger partial charge in [0.25, 0.3) is 0 Å². The zero-order valence-corrected chi connectivity index (χ0v) is 10.7. The summed E-state index contributed by atoms with van der Waals surface area (Å²) < 4.78 is 0. The smallest absolute Gasteiger partial charge is 0.220 e. The van der Waals surface area contributed by atoms with E-state index in [2.05, 4.69) is 5.32 Å². The minimum absolute atomic E-state index is 0.0359. The van der Waals surface area contributed by atoms with E-state index in [0.717, 1.165) is 16.7 Å². The number of amides is 1. The molecule has 0 unspecified atom stereocenters. The van der Waals surface area contributed by atoms with Crippen LogP contribution in [0.1, 0.15) is 41.3 Å². The SMILES string of the molecule is CCNC(=O)CCC(=O)c1ccc(C)cc1C. The van der Waals surface area contributed by atoms with Gasteiger partial charge in [0, 0.05) is 24.9 Å². The Bertz CT molecular complexity index is 424. The molecule has 1 N–H and O–H groups in total. The molecule has 0 saturated heterocycles. The third kappa shape index (κ3) is 4.02. The lowest BCUT2D eigenvalue weighted by molar-refractivity contribution is -0.120. The maximum atomic E-state index is 11.9. The summed E-state index contributed by atoms with van der Waals surface area (Å²) in [5.41, 5.74) is 2.84. The minimum Gasteiger partial charge on any atom is -0.356 e. The molecular weight excluding hydrogens is 214 g/mol. The van der Waals surface area contributed by atoms with Crippen molar-refractivity contribution in [1.82, 2.24) is 5.32 Å². The van der Waals surface area contributed by atoms with Crippen LogP contribution in [0.15, 0.2) is 18.2 Å². The Labute approximate surface area is 102 Å². The first-order chi connectivity index (χ1) is 8.04. The molecule has 0 fully saturated rings. The lowest BCUT2D eigenvalue weighted by atomic mass is 9.99. The van der Waals surface area contributed by atoms with Crippen molar-refractivity contribution < 1.29 is 9.59 Å². The van der Waals surface area contributed by atoms with Gasteiger partial charge in [0.1, 0.15) is 0 Å². The Morgan fingerprint density at radius 1 is 1.18 bits per heavy atom. The van der Waals surface area contributed by atoms with E-state index in [0.29, 0.717) is 6.54 Å². The van der Waals surface area contributed by atoms with Gasteiger partial charge in [-0.05, 0) is 26.3 Å². The molecule has 0 spiro atoms. The molecule has 1 amide bonds. The molecule has 0 bridgehead atoms. The number of ketones is 1. The molecule has 17 heavy (non-hydrogen) atoms. The number of aryl methyl sites for hydroxylation is 2. The monoisotopic (exact) mass is 233 g/mol. The lowest BCUT2D eigenvalue weighted by Gasteiger charge is -2.06. The van der Waals surface area contributed by atoms with Gasteiger partial charge in [0.15, 0.2) is 5.78 Å². The number of hydrogen-bond acceptors (Lipinski definition) is 2. The van der Waals surface area contributed by atoms with Crippen LogP contribution < -0.4 is 5.32 Å². The Morgan fingerprint density at radius 3 is 2.47 bits per heavy atom. The van der Waals surface area contributed by atoms with Gasteiger partial charge < -0.3 is 5.32 Å². The summed E-state index contributed by atoms with van der Waals surface area (Å²) in [5.74, 6) is -0.0284. The van der Waals surface area contributed by atoms with Crippen LogP contribution >= 0.6 is 0 Å². The second kappa shape index (κ2) is 6.18. The second-order valence-electron chi connectivity index (χ2n) is 4.20. The molecular formula is C14H19NO2. The highest BCUT2D eigenvalue weighted by atomic mass is 16.2. The van der Waals surface area contributed by atoms with E-state index in [4.69, 9.17) is 0 Å². The van der Waals surface area contributed by atoms with E-state index in [-0.39, 0.29) is 24.5 Å². The Balaban J connectivity index is 2.61. The van der Waals surface area contributed by atoms with Crippen LogP contribution in [0.25, 0.3) is 0 Å². The molecule has 0 aliphatic carbocycles. The van der Waals surface area contributed by atoms with Gasteiger partial charge in [-0.1, -0.05) is 23.8 Å². The van der Waals surface area contributed by atoms with Gasteiger partial charge in [-0.2, -0.15) is 0 Å². The molecule has 0 heterocycles. The lowest BCUT2D eigenvalue weighted by Crippen LogP contribution is -2.23. The summed E-state index contributed by atoms with van der Waals surface area (Å²) >= 11 is 0. The first-order valence-corrected chi connectivity index (χ1v) is 5.91. The van der Waals surface area contributed by atoms with Crippen LogP contribution in [0.2, 0.25) is 0 Å². The molecule has 3 heteroatoms. The standard InChI is InChI=1S/C14H19NO2/c1-4-15-14(17)8-7-13(16)12-6-5-10(2)9-11(12)3/h5-6,9H,4,7-8H2,1-3H3,(H,15,17). The molecule has 92 valence electrons. The highest BCUT2D eigenvalue weighted by molar-refractivity contribution is 5.99. The first-order valence-electron chi connectivity index (χ1n) is 5.91. The van der Waals surface area contributed by atoms with Crippen molar-refractivity contribution in [3.05, 3.63) is 34.9 Å². The topological polar surface area (TPSA) is 46.2 Å². The van der Waals surface area contributed by atoms with Crippen molar-refractivity contribution in [2.24, 2.45) is 0 Å². The van der Waals surface area contributed by atoms with Crippen LogP contribution in [0.5, 0.6) is 0 Å². The van der Waals surface area contributed by atoms with Crippen LogP contribution in [0, 0.1) is 13.8 Å². The van der Waals surface area contributed by atoms with Gasteiger partial charge in [0.2, 0.25) is 5.91 Å². The van der Waals surface area contributed by atoms with E-state index < -0.39 is 0 Å². The normalized spacial score (nSPS) is 10.1. The first kappa shape index (κ1) is 13.4. The molecule has 0 aliphatic heterocycles. The molecule has 0 radical (unpaired) electrons. The fraction of sp³-hybridized carbons (Fsp3) is 0.429. The van der Waals surface area contributed by atoms with Crippen molar-refractivity contribution in [2.45, 2.75) is 33.6 Å². The van der Waals surface area contributed by atoms with E-state index in [1.165, 1.54) is 0 Å². The number of carbonyl (C=O) groups is 2. The highest BCUT2D eigenvalue weighted by Gasteiger charge is 2.10. The fourth-order valence-corrected chi connectivity index (χ4v) is 1.77. The molecule has 1 rings (SSSR count). The third-order valence-electron chi connectivity index (χ3n) is 2.64. The van der Waals surface area contributed by atoms with Gasteiger partial charge in [-0.3, -0.25) is 9.59 Å². The number of rotatable bonds is 5. The predicted octanol–water partition coefficient (Wildman–Crippen LogP) is 2.40. The number of benzene rings is 1. The number of nitrogens with one attached hydrogen (secondary N) is 1. The number of hydrogen-bond donors (Lipinski definition) is 1. The average Bonchev–Trinajstić information content (AvgIpc) is 2.26. The third-order valence-corrected chi connectivity index (χ3v) is 2.64. The summed E-state index contributed by atoms with van der Waals surface area (Å²) in [6.45, 7) is 6.39. The van der Waals surface area contributed by atoms with E-state index in [1.54, 1.807) is 0 Å². The van der Waals surface area contributed by atoms with E-state index in [1.807, 2.05) is 39.0 Å². The Kier molecular flexibility index (Phi) is 4.88. The van der Waals surface area contributed by atoms with Crippen molar-refractivity contribution in [1.29, 1.82) is 0 Å². The molecule has 0 saturated carbocycles. The quantitative estimate of drug-likeness (QED) is 0.794. The van der Waals surface area contributed by atoms with E-state index in [9.17, 15) is 9.59 Å². The molecule has 1 aromatic rings. The zero-order chi connectivity index (χ0) is 12.8. The van der Waals surface area contributed by atoms with Crippen molar-refractivity contribution in [3.63, 3.8) is 0 Å². The van der Waals surface area contributed by atoms with Crippen molar-refractivity contribution in [3.8, 4) is 0 Å². The molecule has 0 atom stereocenters. The largest absolute Gasteiger partial charge is 0.356 e. The molecule has 3 nitrogen and oxygen atoms in total. The molecule has 0 aliphatic rings. The van der Waals surface area contributed by atoms with Gasteiger partial charge in [-0.15, -0.1) is 0 Å². The maximum Gasteiger partial charge on any atom is 0.220 e. The van der Waals surface area contributed by atoms with Crippen LogP contribution in [0.3, 0.4) is 0 Å². The van der Waals surface area contributed by atoms with Crippen LogP contribution in [-0.4, -0.2) is 18.2 Å². The van der Waals surface area contributed by atoms with Gasteiger partial charge in [-0.25, -0.2) is 0 Å². The summed E-state index contributed by atoms with van der Waals surface area (Å²) in [4.78, 5) is 23.2. The fourth-order valence-electron chi connectivity index (χ4n) is 1.77. The van der Waals surface area contributed by atoms with Gasteiger partial charge in [0.05, 0.1) is 0 Å². The summed E-state index contributed by atoms with van der Waals surface area (Å²) in [7, 11) is 0. The van der Waals surface area contributed by atoms with Crippen molar-refractivity contribution in [2.75, 3.05) is 6.54 Å². The molecule has 0 aromatic heterocycles. The maximum absolute atomic E-state index is 11.9. The molecule has 1 aromatic carbocycles. The summed E-state index contributed by atoms with van der Waals surface area (Å²) in [6, 6.07) is 5.75. The number of Topliss-reactive ketones (excluding diaryl/α,β-unsaturated/α-hetero) is 1. The minimum atomic E-state index is -0.0642. The van der Waals surface area contributed by atoms with Gasteiger partial charge >= 0.3 is 0 Å². The van der Waals surface area contributed by atoms with Crippen molar-refractivity contribution >= 4 is 11.7 Å². The van der Waals surface area contributed by atoms with Crippen LogP contribution in [0.4, 0.5) is 0 Å². The van der Waals surface area contributed by atoms with E-state index >= 15 is 0 Å². The average molecular weight is 233 g/mol. The van der Waals surface area contributed by atoms with Crippen LogP contribution in [-0.2, 0) is 4.79 Å². The highest BCUT2D eigenvalue weighted by Crippen LogP contribution is 2.13. The summed E-state index contributed by atoms with van der Waals surface area (Å²) in [5, 5.41) is 2.68. The number of carbonyl (C=O) groups excluding carboxylic acids is 2. The summed E-state index contributed by atoms with van der Waals surface area (Å²) in [6.07, 6.45) is 0.537.